The van der Waals surface area contributed by atoms with Gasteiger partial charge in [0, 0.05) is 38.8 Å². The molecule has 7 heteroatoms. The summed E-state index contributed by atoms with van der Waals surface area (Å²) < 4.78 is 18.4. The van der Waals surface area contributed by atoms with E-state index in [1.54, 1.807) is 11.8 Å². The van der Waals surface area contributed by atoms with Gasteiger partial charge in [-0.3, -0.25) is 9.69 Å². The zero-order valence-corrected chi connectivity index (χ0v) is 13.2. The lowest BCUT2D eigenvalue weighted by molar-refractivity contribution is -0.135. The van der Waals surface area contributed by atoms with Crippen LogP contribution in [0.25, 0.3) is 0 Å². The number of amides is 1. The average Bonchev–Trinajstić information content (AvgIpc) is 2.48. The summed E-state index contributed by atoms with van der Waals surface area (Å²) in [6.07, 6.45) is -0.367. The van der Waals surface area contributed by atoms with E-state index in [4.69, 9.17) is 16.3 Å². The second-order valence-corrected chi connectivity index (χ2v) is 5.80. The number of ether oxygens (including phenoxy) is 1. The number of aliphatic hydroxyl groups is 1. The van der Waals surface area contributed by atoms with E-state index in [1.165, 1.54) is 18.2 Å². The van der Waals surface area contributed by atoms with Gasteiger partial charge in [0.15, 0.2) is 6.61 Å². The Morgan fingerprint density at radius 1 is 1.41 bits per heavy atom. The smallest absolute Gasteiger partial charge is 0.260 e. The molecule has 1 amide bonds. The number of hydrogen-bond acceptors (Lipinski definition) is 4. The minimum Gasteiger partial charge on any atom is -0.484 e. The Morgan fingerprint density at radius 3 is 2.68 bits per heavy atom. The van der Waals surface area contributed by atoms with E-state index in [9.17, 15) is 14.3 Å². The SMILES string of the molecule is CC(O)CN1CCN(C(=O)COc2ccc(F)c(Cl)c2)CC1. The number of carbonyl (C=O) groups is 1. The number of carbonyl (C=O) groups excluding carboxylic acids is 1. The molecule has 0 aliphatic carbocycles. The zero-order valence-electron chi connectivity index (χ0n) is 12.5. The van der Waals surface area contributed by atoms with E-state index in [1.807, 2.05) is 0 Å². The molecule has 0 radical (unpaired) electrons. The van der Waals surface area contributed by atoms with Crippen LogP contribution in [-0.2, 0) is 4.79 Å². The molecule has 22 heavy (non-hydrogen) atoms. The molecule has 1 heterocycles. The van der Waals surface area contributed by atoms with Gasteiger partial charge < -0.3 is 14.7 Å². The summed E-state index contributed by atoms with van der Waals surface area (Å²) in [6, 6.07) is 4.00. The molecule has 0 aromatic heterocycles. The molecule has 122 valence electrons. The molecule has 1 N–H and O–H groups in total. The summed E-state index contributed by atoms with van der Waals surface area (Å²) in [5.74, 6) is -0.265. The molecule has 1 saturated heterocycles. The number of rotatable bonds is 5. The molecular weight excluding hydrogens is 311 g/mol. The summed E-state index contributed by atoms with van der Waals surface area (Å²) in [5.41, 5.74) is 0. The third kappa shape index (κ3) is 4.83. The van der Waals surface area contributed by atoms with Crippen LogP contribution < -0.4 is 4.74 Å². The third-order valence-corrected chi connectivity index (χ3v) is 3.79. The van der Waals surface area contributed by atoms with E-state index >= 15 is 0 Å². The average molecular weight is 331 g/mol. The van der Waals surface area contributed by atoms with Gasteiger partial charge in [-0.15, -0.1) is 0 Å². The first-order chi connectivity index (χ1) is 10.5. The van der Waals surface area contributed by atoms with Gasteiger partial charge in [0.2, 0.25) is 0 Å². The predicted octanol–water partition coefficient (Wildman–Crippen LogP) is 1.38. The fourth-order valence-electron chi connectivity index (χ4n) is 2.36. The van der Waals surface area contributed by atoms with Crippen molar-refractivity contribution in [2.45, 2.75) is 13.0 Å². The minimum atomic E-state index is -0.519. The number of benzene rings is 1. The molecular formula is C15H20ClFN2O3. The largest absolute Gasteiger partial charge is 0.484 e. The summed E-state index contributed by atoms with van der Waals surface area (Å²) >= 11 is 5.66. The van der Waals surface area contributed by atoms with E-state index in [0.717, 1.165) is 13.1 Å². The fourth-order valence-corrected chi connectivity index (χ4v) is 2.53. The highest BCUT2D eigenvalue weighted by Crippen LogP contribution is 2.21. The molecule has 0 spiro atoms. The summed E-state index contributed by atoms with van der Waals surface area (Å²) in [4.78, 5) is 15.9. The maximum Gasteiger partial charge on any atom is 0.260 e. The van der Waals surface area contributed by atoms with Crippen molar-refractivity contribution < 1.29 is 19.0 Å². The maximum absolute atomic E-state index is 13.0. The van der Waals surface area contributed by atoms with E-state index in [0.29, 0.717) is 25.4 Å². The molecule has 2 rings (SSSR count). The van der Waals surface area contributed by atoms with E-state index < -0.39 is 5.82 Å². The van der Waals surface area contributed by atoms with Crippen LogP contribution in [0.4, 0.5) is 4.39 Å². The topological polar surface area (TPSA) is 53.0 Å². The van der Waals surface area contributed by atoms with Crippen molar-refractivity contribution >= 4 is 17.5 Å². The van der Waals surface area contributed by atoms with Gasteiger partial charge in [-0.1, -0.05) is 11.6 Å². The lowest BCUT2D eigenvalue weighted by atomic mass is 10.2. The first-order valence-electron chi connectivity index (χ1n) is 7.22. The summed E-state index contributed by atoms with van der Waals surface area (Å²) in [7, 11) is 0. The Kier molecular flexibility index (Phi) is 5.99. The number of aliphatic hydroxyl groups excluding tert-OH is 1. The number of nitrogens with zero attached hydrogens (tertiary/aromatic N) is 2. The first-order valence-corrected chi connectivity index (χ1v) is 7.59. The Bertz CT molecular complexity index is 520. The van der Waals surface area contributed by atoms with Crippen LogP contribution in [0.2, 0.25) is 5.02 Å². The normalized spacial score (nSPS) is 17.4. The molecule has 1 fully saturated rings. The second-order valence-electron chi connectivity index (χ2n) is 5.40. The van der Waals surface area contributed by atoms with Crippen molar-refractivity contribution in [3.05, 3.63) is 29.0 Å². The Labute approximate surface area is 134 Å². The van der Waals surface area contributed by atoms with Crippen LogP contribution in [0.3, 0.4) is 0 Å². The number of halogens is 2. The number of β-amino-alcohol motifs (C(OH)–C–C–N with tert-alkyl or cyclic N) is 1. The lowest BCUT2D eigenvalue weighted by Gasteiger charge is -2.35. The van der Waals surface area contributed by atoms with Crippen LogP contribution in [0.15, 0.2) is 18.2 Å². The molecule has 1 unspecified atom stereocenters. The molecule has 1 aromatic carbocycles. The van der Waals surface area contributed by atoms with Gasteiger partial charge in [-0.25, -0.2) is 4.39 Å². The van der Waals surface area contributed by atoms with Crippen LogP contribution in [0.5, 0.6) is 5.75 Å². The Balaban J connectivity index is 1.77. The van der Waals surface area contributed by atoms with Gasteiger partial charge in [0.05, 0.1) is 11.1 Å². The standard InChI is InChI=1S/C15H20ClFN2O3/c1-11(20)9-18-4-6-19(7-5-18)15(21)10-22-12-2-3-14(17)13(16)8-12/h2-3,8,11,20H,4-7,9-10H2,1H3. The molecule has 0 bridgehead atoms. The van der Waals surface area contributed by atoms with Crippen LogP contribution in [-0.4, -0.2) is 66.2 Å². The minimum absolute atomic E-state index is 0.0308. The molecule has 1 aliphatic heterocycles. The molecule has 5 nitrogen and oxygen atoms in total. The number of piperazine rings is 1. The van der Waals surface area contributed by atoms with Gasteiger partial charge in [0.1, 0.15) is 11.6 Å². The van der Waals surface area contributed by atoms with Crippen LogP contribution >= 0.6 is 11.6 Å². The van der Waals surface area contributed by atoms with Crippen LogP contribution in [0, 0.1) is 5.82 Å². The van der Waals surface area contributed by atoms with E-state index in [2.05, 4.69) is 4.90 Å². The van der Waals surface area contributed by atoms with Crippen molar-refractivity contribution in [1.29, 1.82) is 0 Å². The van der Waals surface area contributed by atoms with Crippen molar-refractivity contribution in [2.75, 3.05) is 39.3 Å². The van der Waals surface area contributed by atoms with Gasteiger partial charge >= 0.3 is 0 Å². The quantitative estimate of drug-likeness (QED) is 0.886. The van der Waals surface area contributed by atoms with Gasteiger partial charge in [-0.2, -0.15) is 0 Å². The highest BCUT2D eigenvalue weighted by molar-refractivity contribution is 6.30. The van der Waals surface area contributed by atoms with E-state index in [-0.39, 0.29) is 23.6 Å². The van der Waals surface area contributed by atoms with Crippen LogP contribution in [0.1, 0.15) is 6.92 Å². The van der Waals surface area contributed by atoms with Crippen molar-refractivity contribution in [1.82, 2.24) is 9.80 Å². The summed E-state index contributed by atoms with van der Waals surface area (Å²) in [5, 5.41) is 9.32. The Morgan fingerprint density at radius 2 is 2.09 bits per heavy atom. The van der Waals surface area contributed by atoms with Crippen molar-refractivity contribution in [2.24, 2.45) is 0 Å². The number of hydrogen-bond donors (Lipinski definition) is 1. The van der Waals surface area contributed by atoms with Crippen molar-refractivity contribution in [3.63, 3.8) is 0 Å². The highest BCUT2D eigenvalue weighted by Gasteiger charge is 2.22. The van der Waals surface area contributed by atoms with Gasteiger partial charge in [0.25, 0.3) is 5.91 Å². The molecule has 0 saturated carbocycles. The Hall–Kier alpha value is -1.37. The maximum atomic E-state index is 13.0. The lowest BCUT2D eigenvalue weighted by Crippen LogP contribution is -2.51. The van der Waals surface area contributed by atoms with Gasteiger partial charge in [-0.05, 0) is 19.1 Å². The predicted molar refractivity (Wildman–Crippen MR) is 81.6 cm³/mol. The molecule has 1 atom stereocenters. The molecule has 1 aromatic rings. The zero-order chi connectivity index (χ0) is 16.1. The second kappa shape index (κ2) is 7.76. The monoisotopic (exact) mass is 330 g/mol. The highest BCUT2D eigenvalue weighted by atomic mass is 35.5. The third-order valence-electron chi connectivity index (χ3n) is 3.50. The fraction of sp³-hybridized carbons (Fsp3) is 0.533. The summed E-state index contributed by atoms with van der Waals surface area (Å²) in [6.45, 7) is 4.96. The molecule has 1 aliphatic rings. The van der Waals surface area contributed by atoms with Crippen molar-refractivity contribution in [3.8, 4) is 5.75 Å². The first kappa shape index (κ1) is 17.0.